The molecular weight excluding hydrogens is 294 g/mol. The van der Waals surface area contributed by atoms with Crippen LogP contribution in [0.1, 0.15) is 0 Å². The minimum absolute atomic E-state index is 0.663. The number of fused-ring (bicyclic) bond motifs is 3. The van der Waals surface area contributed by atoms with Gasteiger partial charge in [0.25, 0.3) is 0 Å². The van der Waals surface area contributed by atoms with Gasteiger partial charge in [0.15, 0.2) is 5.82 Å². The second-order valence-corrected chi connectivity index (χ2v) is 5.72. The van der Waals surface area contributed by atoms with E-state index in [-0.39, 0.29) is 0 Å². The molecule has 3 aromatic rings. The second-order valence-electron chi connectivity index (χ2n) is 5.72. The molecule has 8 nitrogen and oxygen atoms in total. The molecule has 1 aliphatic rings. The summed E-state index contributed by atoms with van der Waals surface area (Å²) in [5.74, 6) is 0.860. The Morgan fingerprint density at radius 2 is 2.04 bits per heavy atom. The van der Waals surface area contributed by atoms with Gasteiger partial charge in [-0.3, -0.25) is 9.20 Å². The third kappa shape index (κ3) is 2.36. The summed E-state index contributed by atoms with van der Waals surface area (Å²) >= 11 is 0. The van der Waals surface area contributed by atoms with Crippen LogP contribution in [0.15, 0.2) is 24.5 Å². The monoisotopic (exact) mass is 311 g/mol. The summed E-state index contributed by atoms with van der Waals surface area (Å²) in [5.41, 5.74) is 3.18. The minimum atomic E-state index is 0.663. The van der Waals surface area contributed by atoms with Gasteiger partial charge in [-0.15, -0.1) is 10.2 Å². The normalized spacial score (nSPS) is 16.1. The van der Waals surface area contributed by atoms with Crippen molar-refractivity contribution in [2.75, 3.05) is 43.4 Å². The summed E-state index contributed by atoms with van der Waals surface area (Å²) in [7, 11) is 2.12. The summed E-state index contributed by atoms with van der Waals surface area (Å²) in [6, 6.07) is 5.62. The third-order valence-corrected chi connectivity index (χ3v) is 4.24. The van der Waals surface area contributed by atoms with E-state index in [0.29, 0.717) is 6.41 Å². The van der Waals surface area contributed by atoms with Crippen molar-refractivity contribution in [2.24, 2.45) is 0 Å². The molecule has 0 aliphatic carbocycles. The Labute approximate surface area is 132 Å². The molecule has 8 heteroatoms. The number of carbonyl (C=O) groups is 1. The van der Waals surface area contributed by atoms with Gasteiger partial charge in [0, 0.05) is 31.9 Å². The molecule has 0 saturated carbocycles. The molecule has 0 spiro atoms. The van der Waals surface area contributed by atoms with Crippen LogP contribution in [0, 0.1) is 0 Å². The van der Waals surface area contributed by atoms with E-state index in [4.69, 9.17) is 4.98 Å². The lowest BCUT2D eigenvalue weighted by atomic mass is 10.2. The van der Waals surface area contributed by atoms with E-state index in [1.165, 1.54) is 0 Å². The molecule has 1 saturated heterocycles. The molecule has 4 rings (SSSR count). The quantitative estimate of drug-likeness (QED) is 0.714. The van der Waals surface area contributed by atoms with Crippen LogP contribution in [0.4, 0.5) is 11.5 Å². The first-order valence-electron chi connectivity index (χ1n) is 7.53. The number of hydrogen-bond donors (Lipinski definition) is 1. The first-order chi connectivity index (χ1) is 11.3. The van der Waals surface area contributed by atoms with Crippen molar-refractivity contribution in [3.05, 3.63) is 24.5 Å². The molecule has 1 aliphatic heterocycles. The molecule has 1 N–H and O–H groups in total. The van der Waals surface area contributed by atoms with E-state index in [1.807, 2.05) is 22.6 Å². The van der Waals surface area contributed by atoms with Gasteiger partial charge in [-0.1, -0.05) is 0 Å². The Morgan fingerprint density at radius 3 is 2.83 bits per heavy atom. The lowest BCUT2D eigenvalue weighted by molar-refractivity contribution is -0.105. The molecule has 0 bridgehead atoms. The topological polar surface area (TPSA) is 78.7 Å². The second kappa shape index (κ2) is 5.47. The van der Waals surface area contributed by atoms with E-state index >= 15 is 0 Å². The van der Waals surface area contributed by atoms with E-state index < -0.39 is 0 Å². The van der Waals surface area contributed by atoms with Gasteiger partial charge in [0.2, 0.25) is 12.1 Å². The lowest BCUT2D eigenvalue weighted by Crippen LogP contribution is -2.45. The number of nitrogens with one attached hydrogen (secondary N) is 1. The van der Waals surface area contributed by atoms with Crippen LogP contribution in [-0.2, 0) is 4.79 Å². The fourth-order valence-electron chi connectivity index (χ4n) is 2.93. The van der Waals surface area contributed by atoms with Crippen molar-refractivity contribution < 1.29 is 4.79 Å². The molecule has 3 heterocycles. The van der Waals surface area contributed by atoms with Gasteiger partial charge in [0.05, 0.1) is 11.0 Å². The Bertz CT molecular complexity index is 867. The third-order valence-electron chi connectivity index (χ3n) is 4.24. The van der Waals surface area contributed by atoms with E-state index in [0.717, 1.165) is 54.4 Å². The Hall–Kier alpha value is -2.74. The minimum Gasteiger partial charge on any atom is -0.351 e. The van der Waals surface area contributed by atoms with Crippen molar-refractivity contribution in [2.45, 2.75) is 0 Å². The average molecular weight is 311 g/mol. The van der Waals surface area contributed by atoms with Gasteiger partial charge in [-0.2, -0.15) is 0 Å². The van der Waals surface area contributed by atoms with Crippen molar-refractivity contribution in [1.29, 1.82) is 0 Å². The molecule has 1 amide bonds. The van der Waals surface area contributed by atoms with E-state index in [9.17, 15) is 4.79 Å². The van der Waals surface area contributed by atoms with Crippen molar-refractivity contribution >= 4 is 34.6 Å². The molecule has 0 unspecified atom stereocenters. The Morgan fingerprint density at radius 1 is 1.22 bits per heavy atom. The van der Waals surface area contributed by atoms with E-state index in [2.05, 4.69) is 32.4 Å². The standard InChI is InChI=1S/C15H17N7O/c1-20-4-6-21(7-5-20)14-15-19-17-9-22(15)13-8-11(16-10-23)2-3-12(13)18-14/h2-3,8-10H,4-7H2,1H3,(H,16,23). The highest BCUT2D eigenvalue weighted by Gasteiger charge is 2.20. The van der Waals surface area contributed by atoms with Crippen LogP contribution in [-0.4, -0.2) is 64.1 Å². The Kier molecular flexibility index (Phi) is 3.30. The summed E-state index contributed by atoms with van der Waals surface area (Å²) in [6.07, 6.45) is 2.35. The highest BCUT2D eigenvalue weighted by molar-refractivity contribution is 5.87. The Balaban J connectivity index is 1.86. The molecule has 1 aromatic carbocycles. The predicted octanol–water partition coefficient (Wildman–Crippen LogP) is 0.598. The van der Waals surface area contributed by atoms with Gasteiger partial charge in [0.1, 0.15) is 6.33 Å². The summed E-state index contributed by atoms with van der Waals surface area (Å²) in [4.78, 5) is 20.0. The maximum absolute atomic E-state index is 10.6. The van der Waals surface area contributed by atoms with Gasteiger partial charge >= 0.3 is 0 Å². The number of rotatable bonds is 3. The van der Waals surface area contributed by atoms with Crippen LogP contribution in [0.5, 0.6) is 0 Å². The number of piperazine rings is 1. The largest absolute Gasteiger partial charge is 0.351 e. The van der Waals surface area contributed by atoms with Crippen LogP contribution < -0.4 is 10.2 Å². The number of benzene rings is 1. The highest BCUT2D eigenvalue weighted by Crippen LogP contribution is 2.25. The van der Waals surface area contributed by atoms with Crippen LogP contribution >= 0.6 is 0 Å². The molecule has 118 valence electrons. The molecule has 2 aromatic heterocycles. The number of likely N-dealkylation sites (N-methyl/N-ethyl adjacent to an activating group) is 1. The van der Waals surface area contributed by atoms with Crippen LogP contribution in [0.25, 0.3) is 16.7 Å². The maximum Gasteiger partial charge on any atom is 0.211 e. The summed E-state index contributed by atoms with van der Waals surface area (Å²) < 4.78 is 1.92. The van der Waals surface area contributed by atoms with Gasteiger partial charge < -0.3 is 15.1 Å². The number of anilines is 2. The lowest BCUT2D eigenvalue weighted by Gasteiger charge is -2.33. The van der Waals surface area contributed by atoms with Gasteiger partial charge in [-0.05, 0) is 25.2 Å². The predicted molar refractivity (Wildman–Crippen MR) is 87.7 cm³/mol. The number of hydrogen-bond acceptors (Lipinski definition) is 6. The number of amides is 1. The fraction of sp³-hybridized carbons (Fsp3) is 0.333. The van der Waals surface area contributed by atoms with Gasteiger partial charge in [-0.25, -0.2) is 4.98 Å². The SMILES string of the molecule is CN1CCN(c2nc3ccc(NC=O)cc3n3cnnc23)CC1. The number of carbonyl (C=O) groups excluding carboxylic acids is 1. The molecular formula is C15H17N7O. The molecule has 23 heavy (non-hydrogen) atoms. The number of nitrogens with zero attached hydrogens (tertiary/aromatic N) is 6. The fourth-order valence-corrected chi connectivity index (χ4v) is 2.93. The first-order valence-corrected chi connectivity index (χ1v) is 7.53. The van der Waals surface area contributed by atoms with Crippen LogP contribution in [0.3, 0.4) is 0 Å². The van der Waals surface area contributed by atoms with Crippen molar-refractivity contribution in [3.8, 4) is 0 Å². The molecule has 1 fully saturated rings. The molecule has 0 atom stereocenters. The molecule has 0 radical (unpaired) electrons. The zero-order valence-corrected chi connectivity index (χ0v) is 12.8. The first kappa shape index (κ1) is 13.9. The highest BCUT2D eigenvalue weighted by atomic mass is 16.1. The van der Waals surface area contributed by atoms with Crippen molar-refractivity contribution in [3.63, 3.8) is 0 Å². The smallest absolute Gasteiger partial charge is 0.211 e. The van der Waals surface area contributed by atoms with E-state index in [1.54, 1.807) is 6.33 Å². The summed E-state index contributed by atoms with van der Waals surface area (Å²) in [5, 5.41) is 10.9. The zero-order chi connectivity index (χ0) is 15.8. The van der Waals surface area contributed by atoms with Crippen molar-refractivity contribution in [1.82, 2.24) is 24.5 Å². The maximum atomic E-state index is 10.6. The summed E-state index contributed by atoms with van der Waals surface area (Å²) in [6.45, 7) is 3.84. The number of aromatic nitrogens is 4. The average Bonchev–Trinajstić information content (AvgIpc) is 3.05. The van der Waals surface area contributed by atoms with Crippen LogP contribution in [0.2, 0.25) is 0 Å². The zero-order valence-electron chi connectivity index (χ0n) is 12.8.